The Morgan fingerprint density at radius 3 is 2.56 bits per heavy atom. The first kappa shape index (κ1) is 16.8. The number of nitrogens with one attached hydrogen (secondary N) is 3. The number of para-hydroxylation sites is 1. The van der Waals surface area contributed by atoms with Gasteiger partial charge in [0.1, 0.15) is 6.04 Å². The third-order valence-corrected chi connectivity index (χ3v) is 4.15. The maximum Gasteiger partial charge on any atom is 0.251 e. The van der Waals surface area contributed by atoms with Gasteiger partial charge in [-0.25, -0.2) is 0 Å². The fraction of sp³-hybridized carbons (Fsp3) is 0.200. The van der Waals surface area contributed by atoms with E-state index in [1.165, 1.54) is 5.39 Å². The molecule has 2 aromatic carbocycles. The molecule has 3 rings (SSSR count). The molecule has 5 heteroatoms. The highest BCUT2D eigenvalue weighted by Crippen LogP contribution is 2.17. The summed E-state index contributed by atoms with van der Waals surface area (Å²) < 4.78 is 0. The van der Waals surface area contributed by atoms with Gasteiger partial charge in [0, 0.05) is 29.2 Å². The van der Waals surface area contributed by atoms with E-state index in [-0.39, 0.29) is 11.8 Å². The quantitative estimate of drug-likeness (QED) is 0.648. The van der Waals surface area contributed by atoms with Gasteiger partial charge in [-0.2, -0.15) is 0 Å². The number of amides is 2. The topological polar surface area (TPSA) is 74.0 Å². The van der Waals surface area contributed by atoms with Crippen molar-refractivity contribution in [3.05, 3.63) is 71.9 Å². The minimum absolute atomic E-state index is 0.191. The van der Waals surface area contributed by atoms with Gasteiger partial charge in [0.05, 0.1) is 0 Å². The molecule has 0 radical (unpaired) electrons. The lowest BCUT2D eigenvalue weighted by molar-refractivity contribution is -0.122. The number of aromatic amines is 1. The number of carbonyl (C=O) groups excluding carboxylic acids is 2. The first-order chi connectivity index (χ1) is 12.1. The lowest BCUT2D eigenvalue weighted by Crippen LogP contribution is -2.45. The van der Waals surface area contributed by atoms with Crippen molar-refractivity contribution < 1.29 is 9.59 Å². The number of fused-ring (bicyclic) bond motifs is 1. The highest BCUT2D eigenvalue weighted by atomic mass is 16.2. The smallest absolute Gasteiger partial charge is 0.251 e. The van der Waals surface area contributed by atoms with Crippen LogP contribution in [0.15, 0.2) is 60.8 Å². The van der Waals surface area contributed by atoms with Crippen LogP contribution in [0.4, 0.5) is 0 Å². The molecule has 0 bridgehead atoms. The molecule has 3 aromatic rings. The Hall–Kier alpha value is -3.08. The van der Waals surface area contributed by atoms with Gasteiger partial charge < -0.3 is 15.6 Å². The molecule has 2 amide bonds. The fourth-order valence-corrected chi connectivity index (χ4v) is 2.75. The molecule has 25 heavy (non-hydrogen) atoms. The summed E-state index contributed by atoms with van der Waals surface area (Å²) in [6, 6.07) is 16.4. The van der Waals surface area contributed by atoms with Crippen molar-refractivity contribution in [2.75, 3.05) is 6.54 Å². The van der Waals surface area contributed by atoms with Crippen LogP contribution in [0.1, 0.15) is 22.8 Å². The number of rotatable bonds is 6. The molecule has 1 heterocycles. The molecule has 128 valence electrons. The second-order valence-electron chi connectivity index (χ2n) is 5.96. The Bertz CT molecular complexity index is 871. The van der Waals surface area contributed by atoms with Gasteiger partial charge in [-0.3, -0.25) is 9.59 Å². The summed E-state index contributed by atoms with van der Waals surface area (Å²) in [7, 11) is 0. The Morgan fingerprint density at radius 2 is 1.76 bits per heavy atom. The monoisotopic (exact) mass is 335 g/mol. The zero-order valence-electron chi connectivity index (χ0n) is 14.1. The normalized spacial score (nSPS) is 11.9. The number of H-pyrrole nitrogens is 1. The van der Waals surface area contributed by atoms with Crippen LogP contribution in [-0.2, 0) is 11.2 Å². The maximum absolute atomic E-state index is 12.2. The molecular formula is C20H21N3O2. The van der Waals surface area contributed by atoms with Gasteiger partial charge in [0.25, 0.3) is 5.91 Å². The zero-order valence-corrected chi connectivity index (χ0v) is 14.1. The van der Waals surface area contributed by atoms with E-state index >= 15 is 0 Å². The Kier molecular flexibility index (Phi) is 5.14. The Morgan fingerprint density at radius 1 is 1.04 bits per heavy atom. The molecule has 0 aliphatic rings. The number of benzene rings is 2. The van der Waals surface area contributed by atoms with Crippen LogP contribution < -0.4 is 10.6 Å². The highest BCUT2D eigenvalue weighted by Gasteiger charge is 2.16. The van der Waals surface area contributed by atoms with Crippen molar-refractivity contribution in [2.24, 2.45) is 0 Å². The molecule has 0 saturated heterocycles. The summed E-state index contributed by atoms with van der Waals surface area (Å²) >= 11 is 0. The predicted molar refractivity (Wildman–Crippen MR) is 98.4 cm³/mol. The molecule has 3 N–H and O–H groups in total. The second-order valence-corrected chi connectivity index (χ2v) is 5.96. The average Bonchev–Trinajstić information content (AvgIpc) is 3.05. The Labute approximate surface area is 146 Å². The van der Waals surface area contributed by atoms with Crippen LogP contribution >= 0.6 is 0 Å². The molecule has 0 fully saturated rings. The molecule has 1 unspecified atom stereocenters. The summed E-state index contributed by atoms with van der Waals surface area (Å²) in [5.41, 5.74) is 2.80. The molecule has 1 aromatic heterocycles. The van der Waals surface area contributed by atoms with Crippen molar-refractivity contribution in [3.63, 3.8) is 0 Å². The van der Waals surface area contributed by atoms with Gasteiger partial charge >= 0.3 is 0 Å². The molecule has 5 nitrogen and oxygen atoms in total. The number of carbonyl (C=O) groups is 2. The largest absolute Gasteiger partial charge is 0.361 e. The summed E-state index contributed by atoms with van der Waals surface area (Å²) in [5.74, 6) is -0.441. The lowest BCUT2D eigenvalue weighted by Gasteiger charge is -2.14. The minimum atomic E-state index is -0.587. The van der Waals surface area contributed by atoms with Crippen LogP contribution in [0.3, 0.4) is 0 Å². The van der Waals surface area contributed by atoms with Crippen molar-refractivity contribution >= 4 is 22.7 Å². The van der Waals surface area contributed by atoms with Gasteiger partial charge in [0.2, 0.25) is 5.91 Å². The van der Waals surface area contributed by atoms with E-state index in [2.05, 4.69) is 21.7 Å². The van der Waals surface area contributed by atoms with E-state index in [0.717, 1.165) is 17.5 Å². The SMILES string of the molecule is CC(NC(=O)c1ccccc1)C(=O)NCCc1c[nH]c2ccccc12. The van der Waals surface area contributed by atoms with E-state index in [9.17, 15) is 9.59 Å². The minimum Gasteiger partial charge on any atom is -0.361 e. The van der Waals surface area contributed by atoms with E-state index in [1.807, 2.05) is 30.5 Å². The summed E-state index contributed by atoms with van der Waals surface area (Å²) in [6.45, 7) is 2.20. The molecule has 0 spiro atoms. The van der Waals surface area contributed by atoms with Gasteiger partial charge in [-0.15, -0.1) is 0 Å². The van der Waals surface area contributed by atoms with Crippen LogP contribution in [0.25, 0.3) is 10.9 Å². The summed E-state index contributed by atoms with van der Waals surface area (Å²) in [5, 5.41) is 6.76. The van der Waals surface area contributed by atoms with E-state index in [0.29, 0.717) is 12.1 Å². The van der Waals surface area contributed by atoms with E-state index < -0.39 is 6.04 Å². The number of aromatic nitrogens is 1. The standard InChI is InChI=1S/C20H21N3O2/c1-14(23-20(25)15-7-3-2-4-8-15)19(24)21-12-11-16-13-22-18-10-6-5-9-17(16)18/h2-10,13-14,22H,11-12H2,1H3,(H,21,24)(H,23,25). The fourth-order valence-electron chi connectivity index (χ4n) is 2.75. The first-order valence-electron chi connectivity index (χ1n) is 8.34. The number of hydrogen-bond donors (Lipinski definition) is 3. The van der Waals surface area contributed by atoms with E-state index in [4.69, 9.17) is 0 Å². The third-order valence-electron chi connectivity index (χ3n) is 4.15. The summed E-state index contributed by atoms with van der Waals surface area (Å²) in [4.78, 5) is 27.5. The zero-order chi connectivity index (χ0) is 17.6. The number of hydrogen-bond acceptors (Lipinski definition) is 2. The van der Waals surface area contributed by atoms with Crippen LogP contribution in [-0.4, -0.2) is 29.4 Å². The average molecular weight is 335 g/mol. The van der Waals surface area contributed by atoms with Crippen LogP contribution in [0.5, 0.6) is 0 Å². The van der Waals surface area contributed by atoms with Crippen molar-refractivity contribution in [1.29, 1.82) is 0 Å². The third kappa shape index (κ3) is 4.07. The van der Waals surface area contributed by atoms with Crippen molar-refractivity contribution in [1.82, 2.24) is 15.6 Å². The molecular weight excluding hydrogens is 314 g/mol. The Balaban J connectivity index is 1.49. The molecule has 0 aliphatic carbocycles. The van der Waals surface area contributed by atoms with Crippen LogP contribution in [0.2, 0.25) is 0 Å². The second kappa shape index (κ2) is 7.66. The predicted octanol–water partition coefficient (Wildman–Crippen LogP) is 2.65. The maximum atomic E-state index is 12.2. The highest BCUT2D eigenvalue weighted by molar-refractivity contribution is 5.97. The van der Waals surface area contributed by atoms with Crippen molar-refractivity contribution in [3.8, 4) is 0 Å². The molecule has 1 atom stereocenters. The van der Waals surface area contributed by atoms with Gasteiger partial charge in [-0.1, -0.05) is 36.4 Å². The van der Waals surface area contributed by atoms with E-state index in [1.54, 1.807) is 31.2 Å². The first-order valence-corrected chi connectivity index (χ1v) is 8.34. The van der Waals surface area contributed by atoms with Gasteiger partial charge in [0.15, 0.2) is 0 Å². The molecule has 0 saturated carbocycles. The van der Waals surface area contributed by atoms with Gasteiger partial charge in [-0.05, 0) is 37.1 Å². The molecule has 0 aliphatic heterocycles. The van der Waals surface area contributed by atoms with Crippen molar-refractivity contribution in [2.45, 2.75) is 19.4 Å². The lowest BCUT2D eigenvalue weighted by atomic mass is 10.1. The van der Waals surface area contributed by atoms with Crippen LogP contribution in [0, 0.1) is 0 Å². The summed E-state index contributed by atoms with van der Waals surface area (Å²) in [6.07, 6.45) is 2.70.